The van der Waals surface area contributed by atoms with E-state index in [0.29, 0.717) is 11.1 Å². The number of anilines is 1. The van der Waals surface area contributed by atoms with Gasteiger partial charge in [-0.25, -0.2) is 9.36 Å². The van der Waals surface area contributed by atoms with Crippen LogP contribution in [-0.4, -0.2) is 15.3 Å². The van der Waals surface area contributed by atoms with Gasteiger partial charge in [-0.15, -0.1) is 0 Å². The standard InChI is InChI=1S/C14H16BrN3O2/c1-8(2)17-14(20)12(13(16)18(17)9(3)19)10-6-4-5-7-11(10)15/h4-8H,16H2,1-3H3. The van der Waals surface area contributed by atoms with Gasteiger partial charge in [0.05, 0.1) is 5.56 Å². The summed E-state index contributed by atoms with van der Waals surface area (Å²) >= 11 is 3.41. The molecule has 106 valence electrons. The molecule has 0 spiro atoms. The van der Waals surface area contributed by atoms with Crippen molar-refractivity contribution in [3.63, 3.8) is 0 Å². The monoisotopic (exact) mass is 337 g/mol. The van der Waals surface area contributed by atoms with Crippen molar-refractivity contribution in [3.8, 4) is 11.1 Å². The molecule has 0 saturated carbocycles. The van der Waals surface area contributed by atoms with E-state index in [1.807, 2.05) is 32.0 Å². The molecule has 0 aliphatic heterocycles. The first-order valence-electron chi connectivity index (χ1n) is 6.25. The van der Waals surface area contributed by atoms with Gasteiger partial charge in [0.25, 0.3) is 5.56 Å². The van der Waals surface area contributed by atoms with Crippen molar-refractivity contribution in [2.24, 2.45) is 0 Å². The van der Waals surface area contributed by atoms with Gasteiger partial charge < -0.3 is 5.73 Å². The van der Waals surface area contributed by atoms with Crippen LogP contribution in [0.25, 0.3) is 11.1 Å². The molecule has 0 aliphatic rings. The zero-order valence-corrected chi connectivity index (χ0v) is 13.1. The summed E-state index contributed by atoms with van der Waals surface area (Å²) in [5.74, 6) is -0.116. The molecule has 2 aromatic rings. The number of nitrogens with two attached hydrogens (primary N) is 1. The lowest BCUT2D eigenvalue weighted by Gasteiger charge is -2.12. The summed E-state index contributed by atoms with van der Waals surface area (Å²) in [5, 5.41) is 0. The van der Waals surface area contributed by atoms with Gasteiger partial charge in [0.2, 0.25) is 5.91 Å². The second kappa shape index (κ2) is 5.28. The molecular formula is C14H16BrN3O2. The van der Waals surface area contributed by atoms with Crippen LogP contribution in [0, 0.1) is 0 Å². The van der Waals surface area contributed by atoms with Crippen LogP contribution in [0.1, 0.15) is 31.6 Å². The predicted molar refractivity (Wildman–Crippen MR) is 82.9 cm³/mol. The molecule has 0 unspecified atom stereocenters. The van der Waals surface area contributed by atoms with Gasteiger partial charge in [-0.2, -0.15) is 0 Å². The van der Waals surface area contributed by atoms with Gasteiger partial charge in [-0.1, -0.05) is 34.1 Å². The van der Waals surface area contributed by atoms with Crippen LogP contribution >= 0.6 is 15.9 Å². The average Bonchev–Trinajstić information content (AvgIpc) is 2.62. The summed E-state index contributed by atoms with van der Waals surface area (Å²) in [6.45, 7) is 5.06. The molecule has 0 aliphatic carbocycles. The van der Waals surface area contributed by atoms with E-state index in [2.05, 4.69) is 15.9 Å². The number of hydrogen-bond donors (Lipinski definition) is 1. The van der Waals surface area contributed by atoms with E-state index in [9.17, 15) is 9.59 Å². The summed E-state index contributed by atoms with van der Waals surface area (Å²) < 4.78 is 3.38. The highest BCUT2D eigenvalue weighted by Crippen LogP contribution is 2.30. The molecule has 0 amide bonds. The Balaban J connectivity index is 2.87. The highest BCUT2D eigenvalue weighted by molar-refractivity contribution is 9.10. The maximum absolute atomic E-state index is 12.6. The third-order valence-corrected chi connectivity index (χ3v) is 3.74. The van der Waals surface area contributed by atoms with Crippen LogP contribution < -0.4 is 11.3 Å². The first-order valence-corrected chi connectivity index (χ1v) is 7.04. The predicted octanol–water partition coefficient (Wildman–Crippen LogP) is 2.90. The van der Waals surface area contributed by atoms with E-state index in [4.69, 9.17) is 5.73 Å². The Bertz CT molecular complexity index is 729. The van der Waals surface area contributed by atoms with Gasteiger partial charge >= 0.3 is 0 Å². The largest absolute Gasteiger partial charge is 0.383 e. The second-order valence-corrected chi connectivity index (χ2v) is 5.67. The second-order valence-electron chi connectivity index (χ2n) is 4.81. The van der Waals surface area contributed by atoms with Crippen LogP contribution in [-0.2, 0) is 0 Å². The summed E-state index contributed by atoms with van der Waals surface area (Å²) in [6, 6.07) is 7.15. The number of aromatic nitrogens is 2. The molecule has 2 N–H and O–H groups in total. The van der Waals surface area contributed by atoms with Gasteiger partial charge in [-0.3, -0.25) is 9.59 Å². The minimum absolute atomic E-state index is 0.162. The highest BCUT2D eigenvalue weighted by Gasteiger charge is 2.23. The maximum atomic E-state index is 12.6. The molecule has 1 heterocycles. The van der Waals surface area contributed by atoms with Crippen molar-refractivity contribution in [3.05, 3.63) is 39.1 Å². The van der Waals surface area contributed by atoms with Gasteiger partial charge in [-0.05, 0) is 19.9 Å². The molecule has 20 heavy (non-hydrogen) atoms. The average molecular weight is 338 g/mol. The number of halogens is 1. The van der Waals surface area contributed by atoms with Gasteiger partial charge in [0.1, 0.15) is 5.82 Å². The van der Waals surface area contributed by atoms with Crippen LogP contribution in [0.2, 0.25) is 0 Å². The molecular weight excluding hydrogens is 322 g/mol. The number of nitrogens with zero attached hydrogens (tertiary/aromatic N) is 2. The van der Waals surface area contributed by atoms with Crippen molar-refractivity contribution in [1.82, 2.24) is 9.36 Å². The van der Waals surface area contributed by atoms with Crippen LogP contribution in [0.5, 0.6) is 0 Å². The molecule has 1 aromatic heterocycles. The SMILES string of the molecule is CC(=O)n1c(N)c(-c2ccccc2Br)c(=O)n1C(C)C. The first kappa shape index (κ1) is 14.6. The molecule has 0 saturated heterocycles. The number of nitrogen functional groups attached to an aromatic ring is 1. The van der Waals surface area contributed by atoms with E-state index >= 15 is 0 Å². The van der Waals surface area contributed by atoms with Gasteiger partial charge in [0.15, 0.2) is 0 Å². The van der Waals surface area contributed by atoms with Gasteiger partial charge in [0, 0.05) is 23.0 Å². The van der Waals surface area contributed by atoms with Crippen LogP contribution in [0.15, 0.2) is 33.5 Å². The van der Waals surface area contributed by atoms with Crippen molar-refractivity contribution in [2.45, 2.75) is 26.8 Å². The quantitative estimate of drug-likeness (QED) is 0.915. The zero-order chi connectivity index (χ0) is 15.0. The molecule has 6 heteroatoms. The lowest BCUT2D eigenvalue weighted by Crippen LogP contribution is -2.28. The minimum atomic E-state index is -0.286. The van der Waals surface area contributed by atoms with E-state index < -0.39 is 0 Å². The fourth-order valence-corrected chi connectivity index (χ4v) is 2.72. The number of carbonyl (C=O) groups excluding carboxylic acids is 1. The van der Waals surface area contributed by atoms with Crippen molar-refractivity contribution in [1.29, 1.82) is 0 Å². The minimum Gasteiger partial charge on any atom is -0.383 e. The lowest BCUT2D eigenvalue weighted by atomic mass is 10.1. The first-order chi connectivity index (χ1) is 9.36. The summed E-state index contributed by atoms with van der Waals surface area (Å²) in [6.07, 6.45) is 0. The summed E-state index contributed by atoms with van der Waals surface area (Å²) in [4.78, 5) is 24.4. The number of hydrogen-bond acceptors (Lipinski definition) is 3. The molecule has 0 atom stereocenters. The molecule has 0 bridgehead atoms. The number of rotatable bonds is 2. The fourth-order valence-electron chi connectivity index (χ4n) is 2.24. The zero-order valence-electron chi connectivity index (χ0n) is 11.6. The van der Waals surface area contributed by atoms with Crippen molar-refractivity contribution >= 4 is 27.7 Å². The molecule has 0 fully saturated rings. The number of carbonyl (C=O) groups is 1. The smallest absolute Gasteiger partial charge is 0.277 e. The van der Waals surface area contributed by atoms with E-state index in [1.54, 1.807) is 6.07 Å². The third-order valence-electron chi connectivity index (χ3n) is 3.05. The lowest BCUT2D eigenvalue weighted by molar-refractivity contribution is 0.0899. The van der Waals surface area contributed by atoms with Crippen LogP contribution in [0.3, 0.4) is 0 Å². The normalized spacial score (nSPS) is 11.1. The molecule has 0 radical (unpaired) electrons. The van der Waals surface area contributed by atoms with Crippen molar-refractivity contribution in [2.75, 3.05) is 5.73 Å². The third kappa shape index (κ3) is 2.20. The number of benzene rings is 1. The Morgan fingerprint density at radius 2 is 1.90 bits per heavy atom. The molecule has 1 aromatic carbocycles. The van der Waals surface area contributed by atoms with E-state index in [0.717, 1.165) is 4.47 Å². The Morgan fingerprint density at radius 3 is 2.35 bits per heavy atom. The van der Waals surface area contributed by atoms with Crippen molar-refractivity contribution < 1.29 is 4.79 Å². The highest BCUT2D eigenvalue weighted by atomic mass is 79.9. The fraction of sp³-hybridized carbons (Fsp3) is 0.286. The molecule has 5 nitrogen and oxygen atoms in total. The van der Waals surface area contributed by atoms with E-state index in [1.165, 1.54) is 16.3 Å². The van der Waals surface area contributed by atoms with E-state index in [-0.39, 0.29) is 23.3 Å². The summed E-state index contributed by atoms with van der Waals surface area (Å²) in [5.41, 5.74) is 6.81. The Labute approximate surface area is 125 Å². The Kier molecular flexibility index (Phi) is 3.85. The molecule has 2 rings (SSSR count). The topological polar surface area (TPSA) is 70.0 Å². The van der Waals surface area contributed by atoms with Crippen LogP contribution in [0.4, 0.5) is 5.82 Å². The Hall–Kier alpha value is -1.82. The Morgan fingerprint density at radius 1 is 1.30 bits per heavy atom. The summed E-state index contributed by atoms with van der Waals surface area (Å²) in [7, 11) is 0. The maximum Gasteiger partial charge on any atom is 0.277 e.